The van der Waals surface area contributed by atoms with E-state index in [2.05, 4.69) is 15.9 Å². The van der Waals surface area contributed by atoms with Gasteiger partial charge >= 0.3 is 0 Å². The zero-order valence-corrected chi connectivity index (χ0v) is 9.72. The van der Waals surface area contributed by atoms with Gasteiger partial charge in [0.2, 0.25) is 0 Å². The standard InChI is InChI=1S/C13H14N4/c1-3-8-17-11(4-2)16-12(13(17)14)10-6-5-7-15-9-10/h1,5-7,9H,4,8,14H2,2H3. The first-order valence-corrected chi connectivity index (χ1v) is 5.46. The molecule has 0 amide bonds. The van der Waals surface area contributed by atoms with Gasteiger partial charge in [0.25, 0.3) is 0 Å². The Labute approximate surface area is 101 Å². The van der Waals surface area contributed by atoms with Crippen molar-refractivity contribution in [1.82, 2.24) is 14.5 Å². The van der Waals surface area contributed by atoms with Crippen LogP contribution < -0.4 is 5.73 Å². The maximum atomic E-state index is 6.07. The van der Waals surface area contributed by atoms with Gasteiger partial charge in [-0.25, -0.2) is 4.98 Å². The fourth-order valence-electron chi connectivity index (χ4n) is 1.77. The topological polar surface area (TPSA) is 56.7 Å². The van der Waals surface area contributed by atoms with Gasteiger partial charge in [0.05, 0.1) is 6.54 Å². The molecule has 0 radical (unpaired) electrons. The van der Waals surface area contributed by atoms with Crippen LogP contribution in [0.4, 0.5) is 5.82 Å². The predicted molar refractivity (Wildman–Crippen MR) is 68.1 cm³/mol. The van der Waals surface area contributed by atoms with Crippen LogP contribution >= 0.6 is 0 Å². The van der Waals surface area contributed by atoms with Crippen LogP contribution in [0.2, 0.25) is 0 Å². The third-order valence-electron chi connectivity index (χ3n) is 2.59. The van der Waals surface area contributed by atoms with E-state index in [1.807, 2.05) is 23.6 Å². The van der Waals surface area contributed by atoms with Crippen molar-refractivity contribution in [2.75, 3.05) is 5.73 Å². The van der Waals surface area contributed by atoms with Gasteiger partial charge in [0.15, 0.2) is 0 Å². The molecule has 4 nitrogen and oxygen atoms in total. The van der Waals surface area contributed by atoms with Gasteiger partial charge in [-0.05, 0) is 12.1 Å². The van der Waals surface area contributed by atoms with E-state index < -0.39 is 0 Å². The quantitative estimate of drug-likeness (QED) is 0.811. The van der Waals surface area contributed by atoms with Crippen molar-refractivity contribution in [1.29, 1.82) is 0 Å². The molecule has 17 heavy (non-hydrogen) atoms. The molecule has 0 saturated heterocycles. The Morgan fingerprint density at radius 2 is 2.35 bits per heavy atom. The number of nitrogens with zero attached hydrogens (tertiary/aromatic N) is 3. The van der Waals surface area contributed by atoms with Crippen LogP contribution in [0.3, 0.4) is 0 Å². The van der Waals surface area contributed by atoms with E-state index in [9.17, 15) is 0 Å². The number of hydrogen-bond acceptors (Lipinski definition) is 3. The van der Waals surface area contributed by atoms with Crippen molar-refractivity contribution in [3.8, 4) is 23.6 Å². The molecule has 0 aliphatic carbocycles. The monoisotopic (exact) mass is 226 g/mol. The number of terminal acetylenes is 1. The number of anilines is 1. The van der Waals surface area contributed by atoms with Gasteiger partial charge in [-0.1, -0.05) is 12.8 Å². The Morgan fingerprint density at radius 3 is 2.94 bits per heavy atom. The normalized spacial score (nSPS) is 10.1. The van der Waals surface area contributed by atoms with E-state index in [-0.39, 0.29) is 0 Å². The lowest BCUT2D eigenvalue weighted by molar-refractivity contribution is 0.769. The summed E-state index contributed by atoms with van der Waals surface area (Å²) in [5.74, 6) is 4.10. The molecule has 0 unspecified atom stereocenters. The fraction of sp³-hybridized carbons (Fsp3) is 0.231. The first kappa shape index (κ1) is 11.2. The number of hydrogen-bond donors (Lipinski definition) is 1. The molecular formula is C13H14N4. The molecule has 2 rings (SSSR count). The summed E-state index contributed by atoms with van der Waals surface area (Å²) in [5.41, 5.74) is 7.74. The van der Waals surface area contributed by atoms with Crippen LogP contribution in [0.1, 0.15) is 12.7 Å². The molecule has 0 bridgehead atoms. The molecule has 0 saturated carbocycles. The minimum atomic E-state index is 0.447. The third-order valence-corrected chi connectivity index (χ3v) is 2.59. The van der Waals surface area contributed by atoms with Gasteiger partial charge in [0.1, 0.15) is 17.3 Å². The number of pyridine rings is 1. The molecule has 0 aliphatic heterocycles. The van der Waals surface area contributed by atoms with Crippen LogP contribution in [0, 0.1) is 12.3 Å². The number of nitrogen functional groups attached to an aromatic ring is 1. The van der Waals surface area contributed by atoms with Crippen molar-refractivity contribution in [3.63, 3.8) is 0 Å². The molecule has 86 valence electrons. The van der Waals surface area contributed by atoms with Gasteiger partial charge in [-0.15, -0.1) is 6.42 Å². The van der Waals surface area contributed by atoms with E-state index in [1.165, 1.54) is 0 Å². The van der Waals surface area contributed by atoms with Gasteiger partial charge < -0.3 is 10.3 Å². The first-order chi connectivity index (χ1) is 8.27. The van der Waals surface area contributed by atoms with Crippen LogP contribution in [0.5, 0.6) is 0 Å². The fourth-order valence-corrected chi connectivity index (χ4v) is 1.77. The number of rotatable bonds is 3. The van der Waals surface area contributed by atoms with Crippen molar-refractivity contribution < 1.29 is 0 Å². The lowest BCUT2D eigenvalue weighted by atomic mass is 10.2. The zero-order chi connectivity index (χ0) is 12.3. The summed E-state index contributed by atoms with van der Waals surface area (Å²) < 4.78 is 1.86. The summed E-state index contributed by atoms with van der Waals surface area (Å²) in [5, 5.41) is 0. The lowest BCUT2D eigenvalue weighted by Crippen LogP contribution is -2.05. The highest BCUT2D eigenvalue weighted by Crippen LogP contribution is 2.25. The molecule has 0 aromatic carbocycles. The molecule has 0 fully saturated rings. The molecule has 0 atom stereocenters. The van der Waals surface area contributed by atoms with Crippen molar-refractivity contribution in [2.45, 2.75) is 19.9 Å². The third kappa shape index (κ3) is 2.00. The van der Waals surface area contributed by atoms with Gasteiger partial charge in [-0.2, -0.15) is 0 Å². The predicted octanol–water partition coefficient (Wildman–Crippen LogP) is 1.72. The molecule has 2 aromatic rings. The van der Waals surface area contributed by atoms with Crippen molar-refractivity contribution >= 4 is 5.82 Å². The Bertz CT molecular complexity index is 549. The molecule has 0 spiro atoms. The van der Waals surface area contributed by atoms with Gasteiger partial charge in [0, 0.05) is 24.4 Å². The average molecular weight is 226 g/mol. The SMILES string of the molecule is C#CCn1c(CC)nc(-c2cccnc2)c1N. The smallest absolute Gasteiger partial charge is 0.132 e. The highest BCUT2D eigenvalue weighted by Gasteiger charge is 2.14. The summed E-state index contributed by atoms with van der Waals surface area (Å²) in [4.78, 5) is 8.59. The summed E-state index contributed by atoms with van der Waals surface area (Å²) in [7, 11) is 0. The molecular weight excluding hydrogens is 212 g/mol. The minimum Gasteiger partial charge on any atom is -0.383 e. The van der Waals surface area contributed by atoms with E-state index >= 15 is 0 Å². The van der Waals surface area contributed by atoms with Crippen LogP contribution in [-0.2, 0) is 13.0 Å². The summed E-state index contributed by atoms with van der Waals surface area (Å²) >= 11 is 0. The van der Waals surface area contributed by atoms with E-state index in [0.717, 1.165) is 23.5 Å². The maximum absolute atomic E-state index is 6.07. The van der Waals surface area contributed by atoms with E-state index in [1.54, 1.807) is 12.4 Å². The number of imidazole rings is 1. The van der Waals surface area contributed by atoms with E-state index in [4.69, 9.17) is 12.2 Å². The largest absolute Gasteiger partial charge is 0.383 e. The Kier molecular flexibility index (Phi) is 3.10. The second-order valence-electron chi connectivity index (χ2n) is 3.65. The average Bonchev–Trinajstić information content (AvgIpc) is 2.69. The molecule has 0 aliphatic rings. The Hall–Kier alpha value is -2.28. The number of aryl methyl sites for hydroxylation is 1. The van der Waals surface area contributed by atoms with Crippen molar-refractivity contribution in [3.05, 3.63) is 30.4 Å². The van der Waals surface area contributed by atoms with Gasteiger partial charge in [-0.3, -0.25) is 4.98 Å². The van der Waals surface area contributed by atoms with E-state index in [0.29, 0.717) is 12.4 Å². The number of nitrogens with two attached hydrogens (primary N) is 1. The lowest BCUT2D eigenvalue weighted by Gasteiger charge is -2.03. The zero-order valence-electron chi connectivity index (χ0n) is 9.72. The van der Waals surface area contributed by atoms with Crippen molar-refractivity contribution in [2.24, 2.45) is 0 Å². The van der Waals surface area contributed by atoms with Crippen LogP contribution in [0.25, 0.3) is 11.3 Å². The maximum Gasteiger partial charge on any atom is 0.132 e. The molecule has 2 aromatic heterocycles. The second-order valence-corrected chi connectivity index (χ2v) is 3.65. The molecule has 2 N–H and O–H groups in total. The first-order valence-electron chi connectivity index (χ1n) is 5.46. The second kappa shape index (κ2) is 4.71. The highest BCUT2D eigenvalue weighted by molar-refractivity contribution is 5.70. The Morgan fingerprint density at radius 1 is 1.53 bits per heavy atom. The summed E-state index contributed by atoms with van der Waals surface area (Å²) in [6.07, 6.45) is 9.60. The highest BCUT2D eigenvalue weighted by atomic mass is 15.1. The molecule has 2 heterocycles. The van der Waals surface area contributed by atoms with Crippen LogP contribution in [0.15, 0.2) is 24.5 Å². The minimum absolute atomic E-state index is 0.447. The molecule has 4 heteroatoms. The van der Waals surface area contributed by atoms with Crippen LogP contribution in [-0.4, -0.2) is 14.5 Å². The number of aromatic nitrogens is 3. The summed E-state index contributed by atoms with van der Waals surface area (Å²) in [6.45, 7) is 2.48. The Balaban J connectivity index is 2.54. The summed E-state index contributed by atoms with van der Waals surface area (Å²) in [6, 6.07) is 3.80.